The van der Waals surface area contributed by atoms with E-state index in [1.165, 1.54) is 25.9 Å². The highest BCUT2D eigenvalue weighted by atomic mass is 16.3. The molecule has 0 atom stereocenters. The summed E-state index contributed by atoms with van der Waals surface area (Å²) in [4.78, 5) is 16.4. The molecular formula is C22H29N5O. The maximum absolute atomic E-state index is 5.47. The van der Waals surface area contributed by atoms with Crippen LogP contribution in [0.5, 0.6) is 0 Å². The molecule has 4 rings (SSSR count). The van der Waals surface area contributed by atoms with E-state index >= 15 is 0 Å². The van der Waals surface area contributed by atoms with Gasteiger partial charge in [-0.1, -0.05) is 13.8 Å². The van der Waals surface area contributed by atoms with E-state index < -0.39 is 0 Å². The average Bonchev–Trinajstić information content (AvgIpc) is 3.40. The van der Waals surface area contributed by atoms with E-state index in [4.69, 9.17) is 14.4 Å². The van der Waals surface area contributed by atoms with Crippen LogP contribution in [-0.4, -0.2) is 46.0 Å². The van der Waals surface area contributed by atoms with Gasteiger partial charge in [0.2, 0.25) is 5.89 Å². The molecule has 1 saturated heterocycles. The summed E-state index contributed by atoms with van der Waals surface area (Å²) in [7, 11) is 0. The molecule has 0 saturated carbocycles. The zero-order valence-electron chi connectivity index (χ0n) is 16.8. The molecule has 6 heteroatoms. The first-order valence-corrected chi connectivity index (χ1v) is 10.4. The fraction of sp³-hybridized carbons (Fsp3) is 0.500. The van der Waals surface area contributed by atoms with Crippen LogP contribution in [0.15, 0.2) is 35.1 Å². The number of fused-ring (bicyclic) bond motifs is 1. The number of hydrogen-bond donors (Lipinski definition) is 1. The van der Waals surface area contributed by atoms with Crippen molar-refractivity contribution in [1.29, 1.82) is 0 Å². The highest BCUT2D eigenvalue weighted by molar-refractivity contribution is 5.92. The van der Waals surface area contributed by atoms with E-state index in [-0.39, 0.29) is 0 Å². The van der Waals surface area contributed by atoms with E-state index in [0.717, 1.165) is 54.0 Å². The van der Waals surface area contributed by atoms with E-state index in [1.807, 2.05) is 12.1 Å². The zero-order valence-corrected chi connectivity index (χ0v) is 16.8. The Balaban J connectivity index is 1.61. The van der Waals surface area contributed by atoms with E-state index in [9.17, 15) is 0 Å². The molecule has 1 N–H and O–H groups in total. The molecule has 1 fully saturated rings. The second-order valence-electron chi connectivity index (χ2n) is 7.97. The van der Waals surface area contributed by atoms with Crippen LogP contribution in [0, 0.1) is 5.92 Å². The Morgan fingerprint density at radius 3 is 2.79 bits per heavy atom. The third-order valence-corrected chi connectivity index (χ3v) is 5.29. The quantitative estimate of drug-likeness (QED) is 0.626. The molecule has 3 aromatic rings. The van der Waals surface area contributed by atoms with Gasteiger partial charge in [0, 0.05) is 30.5 Å². The Bertz CT molecular complexity index is 901. The lowest BCUT2D eigenvalue weighted by Gasteiger charge is -2.16. The van der Waals surface area contributed by atoms with Crippen molar-refractivity contribution in [2.24, 2.45) is 5.92 Å². The van der Waals surface area contributed by atoms with Gasteiger partial charge in [-0.05, 0) is 56.5 Å². The number of aromatic nitrogens is 3. The summed E-state index contributed by atoms with van der Waals surface area (Å²) in [6.07, 6.45) is 7.88. The molecule has 0 amide bonds. The molecule has 0 unspecified atom stereocenters. The van der Waals surface area contributed by atoms with Crippen molar-refractivity contribution in [1.82, 2.24) is 19.9 Å². The van der Waals surface area contributed by atoms with E-state index in [2.05, 4.69) is 35.1 Å². The monoisotopic (exact) mass is 379 g/mol. The van der Waals surface area contributed by atoms with Crippen LogP contribution in [-0.2, 0) is 6.42 Å². The normalized spacial score (nSPS) is 15.0. The second kappa shape index (κ2) is 8.69. The summed E-state index contributed by atoms with van der Waals surface area (Å²) in [5, 5.41) is 4.59. The Labute approximate surface area is 166 Å². The lowest BCUT2D eigenvalue weighted by molar-refractivity contribution is 0.352. The van der Waals surface area contributed by atoms with Crippen molar-refractivity contribution in [2.45, 2.75) is 39.5 Å². The minimum atomic E-state index is 0.619. The van der Waals surface area contributed by atoms with Gasteiger partial charge < -0.3 is 14.6 Å². The predicted octanol–water partition coefficient (Wildman–Crippen LogP) is 4.38. The van der Waals surface area contributed by atoms with E-state index in [1.54, 1.807) is 12.5 Å². The number of oxazole rings is 1. The zero-order chi connectivity index (χ0) is 19.3. The summed E-state index contributed by atoms with van der Waals surface area (Å²) in [6.45, 7) is 8.82. The van der Waals surface area contributed by atoms with Crippen molar-refractivity contribution in [2.75, 3.05) is 31.5 Å². The Morgan fingerprint density at radius 1 is 1.18 bits per heavy atom. The molecule has 1 aliphatic heterocycles. The third kappa shape index (κ3) is 4.50. The topological polar surface area (TPSA) is 67.1 Å². The molecule has 148 valence electrons. The fourth-order valence-corrected chi connectivity index (χ4v) is 3.68. The number of nitrogens with one attached hydrogen (secondary N) is 1. The third-order valence-electron chi connectivity index (χ3n) is 5.29. The van der Waals surface area contributed by atoms with Crippen molar-refractivity contribution < 1.29 is 4.42 Å². The largest absolute Gasteiger partial charge is 0.445 e. The average molecular weight is 380 g/mol. The van der Waals surface area contributed by atoms with Crippen molar-refractivity contribution >= 4 is 16.7 Å². The van der Waals surface area contributed by atoms with Crippen LogP contribution in [0.1, 0.15) is 38.9 Å². The summed E-state index contributed by atoms with van der Waals surface area (Å²) in [5.41, 5.74) is 1.91. The molecule has 2 aromatic heterocycles. The van der Waals surface area contributed by atoms with Gasteiger partial charge in [-0.25, -0.2) is 15.0 Å². The summed E-state index contributed by atoms with van der Waals surface area (Å²) in [6, 6.07) is 6.13. The predicted molar refractivity (Wildman–Crippen MR) is 112 cm³/mol. The lowest BCUT2D eigenvalue weighted by atomic mass is 10.1. The Morgan fingerprint density at radius 2 is 2.04 bits per heavy atom. The number of likely N-dealkylation sites (tertiary alicyclic amines) is 1. The van der Waals surface area contributed by atoms with Crippen LogP contribution in [0.2, 0.25) is 0 Å². The molecule has 0 bridgehead atoms. The van der Waals surface area contributed by atoms with Crippen LogP contribution in [0.3, 0.4) is 0 Å². The number of rotatable bonds is 8. The van der Waals surface area contributed by atoms with Crippen LogP contribution in [0.4, 0.5) is 5.82 Å². The number of aryl methyl sites for hydroxylation is 1. The summed E-state index contributed by atoms with van der Waals surface area (Å²) in [5.74, 6) is 3.08. The van der Waals surface area contributed by atoms with Gasteiger partial charge in [0.25, 0.3) is 0 Å². The van der Waals surface area contributed by atoms with Gasteiger partial charge in [-0.3, -0.25) is 0 Å². The van der Waals surface area contributed by atoms with Crippen molar-refractivity contribution in [3.05, 3.63) is 36.5 Å². The van der Waals surface area contributed by atoms with Gasteiger partial charge >= 0.3 is 0 Å². The number of hydrogen-bond acceptors (Lipinski definition) is 6. The SMILES string of the molecule is CC(C)CCc1nc(NCCN2CCCC2)c2cc(-c3ncco3)ccc2n1. The molecule has 0 radical (unpaired) electrons. The minimum absolute atomic E-state index is 0.619. The summed E-state index contributed by atoms with van der Waals surface area (Å²) < 4.78 is 5.47. The Kier molecular flexibility index (Phi) is 5.86. The van der Waals surface area contributed by atoms with Crippen molar-refractivity contribution in [3.8, 4) is 11.5 Å². The maximum atomic E-state index is 5.47. The molecule has 1 aromatic carbocycles. The highest BCUT2D eigenvalue weighted by Gasteiger charge is 2.14. The smallest absolute Gasteiger partial charge is 0.225 e. The fourth-order valence-electron chi connectivity index (χ4n) is 3.68. The second-order valence-corrected chi connectivity index (χ2v) is 7.97. The van der Waals surface area contributed by atoms with Crippen LogP contribution >= 0.6 is 0 Å². The number of anilines is 1. The number of nitrogens with zero attached hydrogens (tertiary/aromatic N) is 4. The first-order valence-electron chi connectivity index (χ1n) is 10.4. The van der Waals surface area contributed by atoms with Gasteiger partial charge in [0.15, 0.2) is 0 Å². The molecule has 3 heterocycles. The lowest BCUT2D eigenvalue weighted by Crippen LogP contribution is -2.26. The molecule has 28 heavy (non-hydrogen) atoms. The maximum Gasteiger partial charge on any atom is 0.225 e. The molecule has 1 aliphatic rings. The highest BCUT2D eigenvalue weighted by Crippen LogP contribution is 2.27. The molecule has 6 nitrogen and oxygen atoms in total. The minimum Gasteiger partial charge on any atom is -0.445 e. The number of benzene rings is 1. The van der Waals surface area contributed by atoms with Gasteiger partial charge in [0.05, 0.1) is 11.7 Å². The molecular weight excluding hydrogens is 350 g/mol. The van der Waals surface area contributed by atoms with Crippen LogP contribution in [0.25, 0.3) is 22.4 Å². The first kappa shape index (κ1) is 18.9. The molecule has 0 aliphatic carbocycles. The van der Waals surface area contributed by atoms with Gasteiger partial charge in [-0.15, -0.1) is 0 Å². The van der Waals surface area contributed by atoms with Gasteiger partial charge in [-0.2, -0.15) is 0 Å². The van der Waals surface area contributed by atoms with E-state index in [0.29, 0.717) is 11.8 Å². The Hall–Kier alpha value is -2.47. The van der Waals surface area contributed by atoms with Gasteiger partial charge in [0.1, 0.15) is 17.9 Å². The first-order chi connectivity index (χ1) is 13.7. The van der Waals surface area contributed by atoms with Crippen LogP contribution < -0.4 is 5.32 Å². The summed E-state index contributed by atoms with van der Waals surface area (Å²) >= 11 is 0. The molecule has 0 spiro atoms. The van der Waals surface area contributed by atoms with Crippen molar-refractivity contribution in [3.63, 3.8) is 0 Å². The standard InChI is InChI=1S/C22H29N5O/c1-16(2)5-8-20-25-19-7-6-17(22-24-10-14-28-22)15-18(19)21(26-20)23-9-13-27-11-3-4-12-27/h6-7,10,14-16H,3-5,8-9,11-13H2,1-2H3,(H,23,25,26).